The van der Waals surface area contributed by atoms with E-state index in [1.54, 1.807) is 0 Å². The molecule has 3 nitrogen and oxygen atoms in total. The van der Waals surface area contributed by atoms with E-state index in [0.717, 1.165) is 29.8 Å². The summed E-state index contributed by atoms with van der Waals surface area (Å²) < 4.78 is 5.14. The van der Waals surface area contributed by atoms with E-state index in [0.29, 0.717) is 0 Å². The summed E-state index contributed by atoms with van der Waals surface area (Å²) in [5, 5.41) is 0. The van der Waals surface area contributed by atoms with Gasteiger partial charge in [0.15, 0.2) is 0 Å². The molecule has 13 heavy (non-hydrogen) atoms. The maximum Gasteiger partial charge on any atom is 0.410 e. The first-order valence-corrected chi connectivity index (χ1v) is 5.80. The third-order valence-electron chi connectivity index (χ3n) is 2.03. The Hall–Kier alpha value is 0.412. The fourth-order valence-electron chi connectivity index (χ4n) is 1.25. The van der Waals surface area contributed by atoms with E-state index >= 15 is 0 Å². The van der Waals surface area contributed by atoms with Gasteiger partial charge in [-0.3, -0.25) is 0 Å². The molecule has 0 N–H and O–H groups in total. The molecule has 0 amide bonds. The van der Waals surface area contributed by atoms with Crippen LogP contribution in [0.1, 0.15) is 12.8 Å². The van der Waals surface area contributed by atoms with Crippen molar-refractivity contribution in [1.82, 2.24) is 9.80 Å². The number of rotatable bonds is 8. The van der Waals surface area contributed by atoms with Gasteiger partial charge in [0.25, 0.3) is 0 Å². The van der Waals surface area contributed by atoms with Crippen molar-refractivity contribution in [3.63, 3.8) is 0 Å². The fraction of sp³-hybridized carbons (Fsp3) is 1.00. The second-order valence-corrected chi connectivity index (χ2v) is 4.38. The van der Waals surface area contributed by atoms with Gasteiger partial charge in [0.1, 0.15) is 0 Å². The highest BCUT2D eigenvalue weighted by atomic mass is 27.1. The minimum atomic E-state index is 0.874. The number of hydrogen-bond donors (Lipinski definition) is 0. The van der Waals surface area contributed by atoms with Gasteiger partial charge in [-0.25, -0.2) is 0 Å². The van der Waals surface area contributed by atoms with E-state index in [4.69, 9.17) is 3.79 Å². The smallest absolute Gasteiger partial charge is 0.410 e. The summed E-state index contributed by atoms with van der Waals surface area (Å²) in [5.74, 6) is 0. The Morgan fingerprint density at radius 3 is 2.15 bits per heavy atom. The van der Waals surface area contributed by atoms with E-state index in [2.05, 4.69) is 30.9 Å². The monoisotopic (exact) mass is 202 g/mol. The Labute approximate surface area is 90.8 Å². The molecule has 0 atom stereocenters. The van der Waals surface area contributed by atoms with Gasteiger partial charge in [-0.2, -0.15) is 0 Å². The van der Waals surface area contributed by atoms with Crippen LogP contribution in [0.25, 0.3) is 0 Å². The Morgan fingerprint density at radius 1 is 1.00 bits per heavy atom. The van der Waals surface area contributed by atoms with Gasteiger partial charge in [0.05, 0.1) is 0 Å². The maximum absolute atomic E-state index is 5.14. The van der Waals surface area contributed by atoms with Gasteiger partial charge in [-0.05, 0) is 53.6 Å². The van der Waals surface area contributed by atoms with Crippen LogP contribution >= 0.6 is 0 Å². The highest BCUT2D eigenvalue weighted by molar-refractivity contribution is 5.97. The average molecular weight is 202 g/mol. The highest BCUT2D eigenvalue weighted by Crippen LogP contribution is 1.91. The summed E-state index contributed by atoms with van der Waals surface area (Å²) in [6.07, 6.45) is 2.42. The molecule has 0 aliphatic rings. The molecule has 0 bridgehead atoms. The lowest BCUT2D eigenvalue weighted by molar-refractivity contribution is 0.263. The number of hydrogen-bond acceptors (Lipinski definition) is 3. The predicted octanol–water partition coefficient (Wildman–Crippen LogP) is -0.175. The average Bonchev–Trinajstić information content (AvgIpc) is 2.04. The minimum absolute atomic E-state index is 0.874. The van der Waals surface area contributed by atoms with E-state index in [1.807, 2.05) is 0 Å². The van der Waals surface area contributed by atoms with Crippen LogP contribution in [0.4, 0.5) is 0 Å². The summed E-state index contributed by atoms with van der Waals surface area (Å²) in [7, 11) is 6.42. The van der Waals surface area contributed by atoms with Gasteiger partial charge in [0.2, 0.25) is 0 Å². The summed E-state index contributed by atoms with van der Waals surface area (Å²) in [5.41, 5.74) is 0. The second kappa shape index (κ2) is 8.99. The lowest BCUT2D eigenvalue weighted by Crippen LogP contribution is -2.25. The molecule has 0 saturated carbocycles. The molecule has 0 radical (unpaired) electrons. The predicted molar refractivity (Wildman–Crippen MR) is 59.8 cm³/mol. The molecule has 0 fully saturated rings. The Bertz CT molecular complexity index is 112. The van der Waals surface area contributed by atoms with Crippen LogP contribution in [-0.2, 0) is 3.79 Å². The topological polar surface area (TPSA) is 15.7 Å². The molecule has 0 saturated heterocycles. The summed E-state index contributed by atoms with van der Waals surface area (Å²) in [6, 6.07) is 0. The molecule has 0 aliphatic carbocycles. The Balaban J connectivity index is 3.15. The Morgan fingerprint density at radius 2 is 1.62 bits per heavy atom. The van der Waals surface area contributed by atoms with Crippen molar-refractivity contribution in [2.24, 2.45) is 0 Å². The van der Waals surface area contributed by atoms with Crippen molar-refractivity contribution in [2.45, 2.75) is 12.8 Å². The van der Waals surface area contributed by atoms with Crippen LogP contribution in [0.5, 0.6) is 0 Å². The summed E-state index contributed by atoms with van der Waals surface area (Å²) in [4.78, 5) is 4.61. The zero-order valence-electron chi connectivity index (χ0n) is 9.55. The molecule has 0 rings (SSSR count). The molecule has 0 unspecified atom stereocenters. The fourth-order valence-corrected chi connectivity index (χ4v) is 1.54. The first-order chi connectivity index (χ1) is 6.16. The third kappa shape index (κ3) is 10.3. The summed E-state index contributed by atoms with van der Waals surface area (Å²) in [6.45, 7) is 4.47. The largest absolute Gasteiger partial charge is 0.506 e. The SMILES string of the molecule is CN(C)CCCN(C)CCC[O][AlH2]. The van der Waals surface area contributed by atoms with Crippen LogP contribution in [0, 0.1) is 0 Å². The molecule has 0 aromatic carbocycles. The van der Waals surface area contributed by atoms with E-state index in [-0.39, 0.29) is 0 Å². The molecule has 0 spiro atoms. The van der Waals surface area contributed by atoms with Crippen LogP contribution in [0.3, 0.4) is 0 Å². The zero-order chi connectivity index (χ0) is 10.1. The van der Waals surface area contributed by atoms with Gasteiger partial charge < -0.3 is 13.6 Å². The third-order valence-corrected chi connectivity index (χ3v) is 2.44. The van der Waals surface area contributed by atoms with Crippen molar-refractivity contribution in [1.29, 1.82) is 0 Å². The van der Waals surface area contributed by atoms with E-state index in [1.165, 1.54) is 25.9 Å². The normalized spacial score (nSPS) is 11.5. The van der Waals surface area contributed by atoms with Crippen molar-refractivity contribution < 1.29 is 3.79 Å². The Kier molecular flexibility index (Phi) is 9.27. The van der Waals surface area contributed by atoms with E-state index < -0.39 is 0 Å². The second-order valence-electron chi connectivity index (χ2n) is 3.81. The lowest BCUT2D eigenvalue weighted by Gasteiger charge is -2.17. The quantitative estimate of drug-likeness (QED) is 0.401. The van der Waals surface area contributed by atoms with Crippen LogP contribution < -0.4 is 0 Å². The van der Waals surface area contributed by atoms with Gasteiger partial charge in [-0.1, -0.05) is 0 Å². The van der Waals surface area contributed by atoms with Crippen LogP contribution in [-0.4, -0.2) is 73.8 Å². The summed E-state index contributed by atoms with van der Waals surface area (Å²) >= 11 is 0.874. The first kappa shape index (κ1) is 13.4. The van der Waals surface area contributed by atoms with Crippen LogP contribution in [0.2, 0.25) is 0 Å². The first-order valence-electron chi connectivity index (χ1n) is 4.99. The molecular weight excluding hydrogens is 179 g/mol. The molecule has 0 aromatic heterocycles. The van der Waals surface area contributed by atoms with E-state index in [9.17, 15) is 0 Å². The van der Waals surface area contributed by atoms with Crippen molar-refractivity contribution in [3.05, 3.63) is 0 Å². The molecule has 4 heteroatoms. The van der Waals surface area contributed by atoms with Gasteiger partial charge in [0, 0.05) is 6.61 Å². The minimum Gasteiger partial charge on any atom is -0.506 e. The standard InChI is InChI=1S/C9H21N2O.Al.2H/c1-10(2)6-4-7-11(3)8-5-9-12;;;/h4-9H2,1-3H3;;;/q-1;+1;;. The molecule has 0 aromatic rings. The zero-order valence-corrected chi connectivity index (χ0v) is 11.5. The van der Waals surface area contributed by atoms with Crippen molar-refractivity contribution >= 4 is 16.6 Å². The molecular formula is C9H23AlN2O. The lowest BCUT2D eigenvalue weighted by atomic mass is 10.3. The maximum atomic E-state index is 5.14. The van der Waals surface area contributed by atoms with Crippen molar-refractivity contribution in [3.8, 4) is 0 Å². The van der Waals surface area contributed by atoms with Gasteiger partial charge in [-0.15, -0.1) is 0 Å². The van der Waals surface area contributed by atoms with Crippen molar-refractivity contribution in [2.75, 3.05) is 47.4 Å². The molecule has 0 aliphatic heterocycles. The molecule has 0 heterocycles. The highest BCUT2D eigenvalue weighted by Gasteiger charge is 1.97. The van der Waals surface area contributed by atoms with Crippen LogP contribution in [0.15, 0.2) is 0 Å². The van der Waals surface area contributed by atoms with Gasteiger partial charge >= 0.3 is 16.6 Å². The number of nitrogens with zero attached hydrogens (tertiary/aromatic N) is 2. The molecule has 78 valence electrons.